The minimum Gasteiger partial charge on any atom is -0.484 e. The number of hydrogen-bond acceptors (Lipinski definition) is 7. The quantitative estimate of drug-likeness (QED) is 0.248. The standard InChI is InChI=1S/C33H25ClFN3O5S2/c34-16-3-7-18(8-4-16)36-23(39)14-43-20-11-1-15(2-12-20)24-25-21-13-22(28(25)44-30-29(24)45-33(42)37-30)27-26(21)31(40)38(32(27)41)19-9-5-17(35)6-10-19/h1-12,21-22,24-28H,13-14H2,(H,36,39)(H,37,42)/t21?,22?,24-,25?,26?,27?,28?/m1/s1. The lowest BCUT2D eigenvalue weighted by Crippen LogP contribution is -2.42. The molecule has 3 aromatic carbocycles. The van der Waals surface area contributed by atoms with Crippen molar-refractivity contribution in [3.05, 3.63) is 104 Å². The van der Waals surface area contributed by atoms with Gasteiger partial charge in [-0.05, 0) is 90.4 Å². The minimum absolute atomic E-state index is 0.0160. The first-order valence-corrected chi connectivity index (χ1v) is 16.7. The molecule has 2 N–H and O–H groups in total. The number of anilines is 2. The van der Waals surface area contributed by atoms with Gasteiger partial charge in [0.05, 0.1) is 22.5 Å². The summed E-state index contributed by atoms with van der Waals surface area (Å²) >= 11 is 8.73. The van der Waals surface area contributed by atoms with Crippen molar-refractivity contribution in [3.8, 4) is 5.75 Å². The lowest BCUT2D eigenvalue weighted by molar-refractivity contribution is -0.123. The number of amides is 3. The molecule has 2 aliphatic carbocycles. The fourth-order valence-corrected chi connectivity index (χ4v) is 10.9. The Morgan fingerprint density at radius 1 is 0.956 bits per heavy atom. The van der Waals surface area contributed by atoms with Gasteiger partial charge in [-0.2, -0.15) is 0 Å². The molecule has 3 fully saturated rings. The molecule has 7 atom stereocenters. The molecule has 12 heteroatoms. The van der Waals surface area contributed by atoms with Crippen LogP contribution in [0.4, 0.5) is 15.8 Å². The molecule has 3 amide bonds. The lowest BCUT2D eigenvalue weighted by atomic mass is 9.68. The van der Waals surface area contributed by atoms with Gasteiger partial charge in [0.1, 0.15) is 11.6 Å². The van der Waals surface area contributed by atoms with Crippen molar-refractivity contribution in [3.63, 3.8) is 0 Å². The average molecular weight is 662 g/mol. The predicted octanol–water partition coefficient (Wildman–Crippen LogP) is 5.92. The van der Waals surface area contributed by atoms with E-state index in [0.717, 1.165) is 21.9 Å². The maximum Gasteiger partial charge on any atom is 0.305 e. The molecule has 3 heterocycles. The zero-order valence-corrected chi connectivity index (χ0v) is 25.8. The van der Waals surface area contributed by atoms with Gasteiger partial charge in [0.2, 0.25) is 11.8 Å². The number of nitrogens with one attached hydrogen (secondary N) is 2. The molecule has 8 rings (SSSR count). The third kappa shape index (κ3) is 4.71. The van der Waals surface area contributed by atoms with E-state index in [4.69, 9.17) is 16.3 Å². The van der Waals surface area contributed by atoms with Crippen LogP contribution in [0.15, 0.2) is 82.6 Å². The summed E-state index contributed by atoms with van der Waals surface area (Å²) in [4.78, 5) is 57.6. The van der Waals surface area contributed by atoms with Gasteiger partial charge in [0.15, 0.2) is 6.61 Å². The van der Waals surface area contributed by atoms with Crippen LogP contribution in [0, 0.1) is 35.4 Å². The zero-order chi connectivity index (χ0) is 31.0. The topological polar surface area (TPSA) is 109 Å². The predicted molar refractivity (Wildman–Crippen MR) is 169 cm³/mol. The molecule has 0 spiro atoms. The van der Waals surface area contributed by atoms with E-state index in [0.29, 0.717) is 22.1 Å². The number of aromatic amines is 1. The van der Waals surface area contributed by atoms with Crippen LogP contribution in [0.5, 0.6) is 5.75 Å². The Morgan fingerprint density at radius 2 is 1.64 bits per heavy atom. The molecule has 0 radical (unpaired) electrons. The zero-order valence-electron chi connectivity index (χ0n) is 23.4. The molecule has 2 bridgehead atoms. The maximum atomic E-state index is 13.8. The Hall–Kier alpha value is -3.93. The highest BCUT2D eigenvalue weighted by Gasteiger charge is 2.69. The number of thiazole rings is 1. The van der Waals surface area contributed by atoms with Crippen LogP contribution in [0.3, 0.4) is 0 Å². The number of benzene rings is 3. The fourth-order valence-electron chi connectivity index (χ4n) is 7.89. The Labute approximate surface area is 269 Å². The largest absolute Gasteiger partial charge is 0.484 e. The summed E-state index contributed by atoms with van der Waals surface area (Å²) in [6, 6.07) is 19.8. The Morgan fingerprint density at radius 3 is 2.36 bits per heavy atom. The number of carbonyl (C=O) groups excluding carboxylic acids is 3. The number of aromatic nitrogens is 1. The number of fused-ring (bicyclic) bond motifs is 9. The second-order valence-corrected chi connectivity index (χ2v) is 14.5. The number of rotatable bonds is 6. The highest BCUT2D eigenvalue weighted by molar-refractivity contribution is 8.00. The SMILES string of the molecule is O=C(COc1ccc([C@H]2c3sc(=O)[nH]c3SC3C4CC(C5C(=O)N(c6ccc(F)cc6)C(=O)C45)C32)cc1)Nc1ccc(Cl)cc1. The second-order valence-electron chi connectivity index (χ2n) is 11.9. The molecule has 1 saturated heterocycles. The molecule has 2 aliphatic heterocycles. The van der Waals surface area contributed by atoms with E-state index in [1.807, 2.05) is 24.3 Å². The van der Waals surface area contributed by atoms with E-state index >= 15 is 0 Å². The highest BCUT2D eigenvalue weighted by Crippen LogP contribution is 2.68. The van der Waals surface area contributed by atoms with Crippen LogP contribution in [-0.4, -0.2) is 34.6 Å². The van der Waals surface area contributed by atoms with Crippen molar-refractivity contribution in [2.75, 3.05) is 16.8 Å². The summed E-state index contributed by atoms with van der Waals surface area (Å²) in [7, 11) is 0. The molecule has 4 aliphatic rings. The third-order valence-electron chi connectivity index (χ3n) is 9.55. The number of H-pyrrole nitrogens is 1. The summed E-state index contributed by atoms with van der Waals surface area (Å²) in [5, 5.41) is 4.22. The van der Waals surface area contributed by atoms with Gasteiger partial charge < -0.3 is 15.0 Å². The van der Waals surface area contributed by atoms with Crippen molar-refractivity contribution in [2.24, 2.45) is 29.6 Å². The lowest BCUT2D eigenvalue weighted by Gasteiger charge is -2.43. The van der Waals surface area contributed by atoms with Crippen molar-refractivity contribution >= 4 is 63.8 Å². The van der Waals surface area contributed by atoms with Gasteiger partial charge in [0.25, 0.3) is 5.91 Å². The van der Waals surface area contributed by atoms with Gasteiger partial charge in [-0.15, -0.1) is 11.8 Å². The van der Waals surface area contributed by atoms with Gasteiger partial charge in [0, 0.05) is 26.8 Å². The molecule has 45 heavy (non-hydrogen) atoms. The average Bonchev–Trinajstić information content (AvgIpc) is 3.77. The molecule has 6 unspecified atom stereocenters. The number of imide groups is 1. The first-order chi connectivity index (χ1) is 21.8. The van der Waals surface area contributed by atoms with Gasteiger partial charge in [-0.25, -0.2) is 4.39 Å². The number of hydrogen-bond donors (Lipinski definition) is 2. The van der Waals surface area contributed by atoms with E-state index in [-0.39, 0.29) is 58.1 Å². The summed E-state index contributed by atoms with van der Waals surface area (Å²) in [5.74, 6) is -1.68. The van der Waals surface area contributed by atoms with Crippen molar-refractivity contribution in [2.45, 2.75) is 22.6 Å². The number of carbonyl (C=O) groups is 3. The third-order valence-corrected chi connectivity index (χ3v) is 12.4. The molecule has 2 saturated carbocycles. The first-order valence-electron chi connectivity index (χ1n) is 14.6. The molecular weight excluding hydrogens is 637 g/mol. The Bertz CT molecular complexity index is 1900. The van der Waals surface area contributed by atoms with Gasteiger partial charge in [-0.3, -0.25) is 24.1 Å². The maximum absolute atomic E-state index is 13.8. The van der Waals surface area contributed by atoms with Gasteiger partial charge >= 0.3 is 4.87 Å². The van der Waals surface area contributed by atoms with Crippen LogP contribution in [0.25, 0.3) is 0 Å². The molecular formula is C33H25ClFN3O5S2. The van der Waals surface area contributed by atoms with E-state index in [2.05, 4.69) is 10.3 Å². The monoisotopic (exact) mass is 661 g/mol. The van der Waals surface area contributed by atoms with Gasteiger partial charge in [-0.1, -0.05) is 35.1 Å². The van der Waals surface area contributed by atoms with Crippen LogP contribution < -0.4 is 19.8 Å². The van der Waals surface area contributed by atoms with Crippen molar-refractivity contribution < 1.29 is 23.5 Å². The molecule has 228 valence electrons. The number of halogens is 2. The van der Waals surface area contributed by atoms with Crippen LogP contribution in [-0.2, 0) is 14.4 Å². The minimum atomic E-state index is -0.448. The van der Waals surface area contributed by atoms with Crippen LogP contribution in [0.2, 0.25) is 5.02 Å². The van der Waals surface area contributed by atoms with Crippen LogP contribution >= 0.6 is 34.7 Å². The summed E-state index contributed by atoms with van der Waals surface area (Å²) in [5.41, 5.74) is 2.00. The summed E-state index contributed by atoms with van der Waals surface area (Å²) in [6.07, 6.45) is 0.770. The smallest absolute Gasteiger partial charge is 0.305 e. The second kappa shape index (κ2) is 10.9. The van der Waals surface area contributed by atoms with Crippen molar-refractivity contribution in [1.29, 1.82) is 0 Å². The number of thioether (sulfide) groups is 1. The van der Waals surface area contributed by atoms with Crippen LogP contribution in [0.1, 0.15) is 22.8 Å². The normalized spacial score (nSPS) is 27.7. The molecule has 8 nitrogen and oxygen atoms in total. The van der Waals surface area contributed by atoms with E-state index in [1.165, 1.54) is 40.5 Å². The van der Waals surface area contributed by atoms with E-state index < -0.39 is 17.7 Å². The fraction of sp³-hybridized carbons (Fsp3) is 0.273. The van der Waals surface area contributed by atoms with E-state index in [1.54, 1.807) is 36.0 Å². The number of nitrogens with zero attached hydrogens (tertiary/aromatic N) is 1. The molecule has 4 aromatic rings. The first kappa shape index (κ1) is 28.5. The molecule has 1 aromatic heterocycles. The van der Waals surface area contributed by atoms with Crippen molar-refractivity contribution in [1.82, 2.24) is 4.98 Å². The number of ether oxygens (including phenoxy) is 1. The van der Waals surface area contributed by atoms with E-state index in [9.17, 15) is 23.6 Å². The Kier molecular flexibility index (Phi) is 6.88. The summed E-state index contributed by atoms with van der Waals surface area (Å²) < 4.78 is 19.4. The Balaban J connectivity index is 1.05. The summed E-state index contributed by atoms with van der Waals surface area (Å²) in [6.45, 7) is -0.177. The highest BCUT2D eigenvalue weighted by atomic mass is 35.5.